The summed E-state index contributed by atoms with van der Waals surface area (Å²) in [6, 6.07) is -0.0280. The maximum atomic E-state index is 12.2. The zero-order valence-corrected chi connectivity index (χ0v) is 12.8. The topological polar surface area (TPSA) is 69.6 Å². The number of carbonyl (C=O) groups is 2. The molecular formula is C14H24N2O3S. The van der Waals surface area contributed by atoms with Crippen LogP contribution in [0.15, 0.2) is 0 Å². The van der Waals surface area contributed by atoms with Crippen LogP contribution < -0.4 is 5.32 Å². The van der Waals surface area contributed by atoms with Crippen LogP contribution in [0.4, 0.5) is 4.79 Å². The van der Waals surface area contributed by atoms with Crippen LogP contribution in [0.5, 0.6) is 0 Å². The number of carboxylic acid groups (broad SMARTS) is 1. The van der Waals surface area contributed by atoms with Gasteiger partial charge in [0.25, 0.3) is 0 Å². The van der Waals surface area contributed by atoms with E-state index in [-0.39, 0.29) is 17.9 Å². The lowest BCUT2D eigenvalue weighted by Gasteiger charge is -2.32. The molecule has 3 unspecified atom stereocenters. The van der Waals surface area contributed by atoms with Crippen LogP contribution in [0.3, 0.4) is 0 Å². The van der Waals surface area contributed by atoms with Crippen molar-refractivity contribution in [2.45, 2.75) is 37.9 Å². The maximum absolute atomic E-state index is 12.2. The lowest BCUT2D eigenvalue weighted by molar-refractivity contribution is -0.142. The third-order valence-corrected chi connectivity index (χ3v) is 5.75. The molecule has 2 fully saturated rings. The minimum absolute atomic E-state index is 0.0280. The van der Waals surface area contributed by atoms with Crippen molar-refractivity contribution in [3.63, 3.8) is 0 Å². The van der Waals surface area contributed by atoms with Crippen LogP contribution in [0.1, 0.15) is 32.6 Å². The van der Waals surface area contributed by atoms with Crippen molar-refractivity contribution >= 4 is 23.8 Å². The molecular weight excluding hydrogens is 276 g/mol. The number of carbonyl (C=O) groups excluding carboxylic acids is 1. The normalized spacial score (nSPS) is 30.2. The van der Waals surface area contributed by atoms with E-state index in [1.807, 2.05) is 16.7 Å². The molecule has 3 atom stereocenters. The highest BCUT2D eigenvalue weighted by atomic mass is 32.2. The third-order valence-electron chi connectivity index (χ3n) is 4.37. The molecule has 20 heavy (non-hydrogen) atoms. The average molecular weight is 300 g/mol. The number of aliphatic carboxylic acids is 1. The Morgan fingerprint density at radius 2 is 2.20 bits per heavy atom. The molecule has 5 nitrogen and oxygen atoms in total. The highest BCUT2D eigenvalue weighted by molar-refractivity contribution is 8.00. The summed E-state index contributed by atoms with van der Waals surface area (Å²) < 4.78 is 0. The highest BCUT2D eigenvalue weighted by Crippen LogP contribution is 2.31. The van der Waals surface area contributed by atoms with Gasteiger partial charge in [0.1, 0.15) is 0 Å². The van der Waals surface area contributed by atoms with E-state index in [1.165, 1.54) is 0 Å². The van der Waals surface area contributed by atoms with Crippen molar-refractivity contribution in [1.29, 1.82) is 0 Å². The number of nitrogens with zero attached hydrogens (tertiary/aromatic N) is 1. The standard InChI is InChI=1S/C14H24N2O3S/c1-2-11-9-16(6-7-20-11)14(19)15-8-10-4-3-5-12(10)13(17)18/h10-12H,2-9H2,1H3,(H,15,19)(H,17,18). The van der Waals surface area contributed by atoms with E-state index in [1.54, 1.807) is 0 Å². The van der Waals surface area contributed by atoms with Gasteiger partial charge < -0.3 is 15.3 Å². The molecule has 6 heteroatoms. The molecule has 0 aromatic carbocycles. The largest absolute Gasteiger partial charge is 0.481 e. The summed E-state index contributed by atoms with van der Waals surface area (Å²) in [5, 5.41) is 12.6. The molecule has 0 radical (unpaired) electrons. The van der Waals surface area contributed by atoms with Gasteiger partial charge in [-0.1, -0.05) is 13.3 Å². The van der Waals surface area contributed by atoms with Crippen LogP contribution in [-0.2, 0) is 4.79 Å². The number of rotatable bonds is 4. The molecule has 1 aliphatic heterocycles. The second kappa shape index (κ2) is 7.20. The molecule has 2 rings (SSSR count). The first-order chi connectivity index (χ1) is 9.61. The number of carboxylic acids is 1. The Bertz CT molecular complexity index is 364. The summed E-state index contributed by atoms with van der Waals surface area (Å²) in [7, 11) is 0. The molecule has 2 aliphatic rings. The number of thioether (sulfide) groups is 1. The monoisotopic (exact) mass is 300 g/mol. The van der Waals surface area contributed by atoms with Crippen molar-refractivity contribution in [2.24, 2.45) is 11.8 Å². The van der Waals surface area contributed by atoms with Gasteiger partial charge in [0.2, 0.25) is 0 Å². The molecule has 114 valence electrons. The predicted octanol–water partition coefficient (Wildman–Crippen LogP) is 2.02. The molecule has 1 heterocycles. The molecule has 0 aromatic rings. The second-order valence-corrected chi connectivity index (χ2v) is 7.08. The number of urea groups is 1. The lowest BCUT2D eigenvalue weighted by atomic mass is 9.96. The Morgan fingerprint density at radius 1 is 1.40 bits per heavy atom. The number of nitrogens with one attached hydrogen (secondary N) is 1. The van der Waals surface area contributed by atoms with Gasteiger partial charge in [0.15, 0.2) is 0 Å². The fraction of sp³-hybridized carbons (Fsp3) is 0.857. The van der Waals surface area contributed by atoms with Crippen LogP contribution >= 0.6 is 11.8 Å². The molecule has 1 saturated heterocycles. The van der Waals surface area contributed by atoms with Gasteiger partial charge in [-0.2, -0.15) is 11.8 Å². The van der Waals surface area contributed by atoms with Gasteiger partial charge in [-0.15, -0.1) is 0 Å². The molecule has 1 aliphatic carbocycles. The summed E-state index contributed by atoms with van der Waals surface area (Å²) >= 11 is 1.93. The van der Waals surface area contributed by atoms with Crippen molar-refractivity contribution in [1.82, 2.24) is 10.2 Å². The van der Waals surface area contributed by atoms with Crippen LogP contribution in [0, 0.1) is 11.8 Å². The molecule has 0 bridgehead atoms. The van der Waals surface area contributed by atoms with E-state index in [4.69, 9.17) is 5.11 Å². The zero-order chi connectivity index (χ0) is 14.5. The first-order valence-electron chi connectivity index (χ1n) is 7.49. The summed E-state index contributed by atoms with van der Waals surface area (Å²) in [6.45, 7) is 4.24. The Labute approximate surface area is 124 Å². The quantitative estimate of drug-likeness (QED) is 0.833. The zero-order valence-electron chi connectivity index (χ0n) is 12.0. The fourth-order valence-electron chi connectivity index (χ4n) is 3.09. The van der Waals surface area contributed by atoms with Gasteiger partial charge in [0, 0.05) is 30.6 Å². The van der Waals surface area contributed by atoms with E-state index < -0.39 is 5.97 Å². The van der Waals surface area contributed by atoms with E-state index in [0.717, 1.165) is 44.5 Å². The SMILES string of the molecule is CCC1CN(C(=O)NCC2CCCC2C(=O)O)CCS1. The summed E-state index contributed by atoms with van der Waals surface area (Å²) in [5.41, 5.74) is 0. The molecule has 0 aromatic heterocycles. The third kappa shape index (κ3) is 3.81. The number of hydrogen-bond donors (Lipinski definition) is 2. The predicted molar refractivity (Wildman–Crippen MR) is 80.0 cm³/mol. The van der Waals surface area contributed by atoms with Crippen LogP contribution in [-0.4, -0.2) is 52.6 Å². The van der Waals surface area contributed by atoms with Gasteiger partial charge in [0.05, 0.1) is 5.92 Å². The van der Waals surface area contributed by atoms with E-state index in [0.29, 0.717) is 11.8 Å². The molecule has 0 spiro atoms. The Balaban J connectivity index is 1.78. The van der Waals surface area contributed by atoms with E-state index in [2.05, 4.69) is 12.2 Å². The summed E-state index contributed by atoms with van der Waals surface area (Å²) in [6.07, 6.45) is 3.69. The smallest absolute Gasteiger partial charge is 0.317 e. The van der Waals surface area contributed by atoms with Crippen molar-refractivity contribution in [3.8, 4) is 0 Å². The minimum Gasteiger partial charge on any atom is -0.481 e. The van der Waals surface area contributed by atoms with E-state index in [9.17, 15) is 9.59 Å². The Morgan fingerprint density at radius 3 is 2.90 bits per heavy atom. The second-order valence-electron chi connectivity index (χ2n) is 5.67. The van der Waals surface area contributed by atoms with Gasteiger partial charge in [-0.05, 0) is 25.2 Å². The molecule has 2 amide bonds. The molecule has 2 N–H and O–H groups in total. The average Bonchev–Trinajstić information content (AvgIpc) is 2.93. The van der Waals surface area contributed by atoms with Crippen molar-refractivity contribution < 1.29 is 14.7 Å². The number of hydrogen-bond acceptors (Lipinski definition) is 3. The van der Waals surface area contributed by atoms with Crippen LogP contribution in [0.2, 0.25) is 0 Å². The maximum Gasteiger partial charge on any atom is 0.317 e. The van der Waals surface area contributed by atoms with Crippen molar-refractivity contribution in [2.75, 3.05) is 25.4 Å². The van der Waals surface area contributed by atoms with Crippen molar-refractivity contribution in [3.05, 3.63) is 0 Å². The fourth-order valence-corrected chi connectivity index (χ4v) is 4.27. The van der Waals surface area contributed by atoms with Crippen LogP contribution in [0.25, 0.3) is 0 Å². The summed E-state index contributed by atoms with van der Waals surface area (Å²) in [5.74, 6) is 0.0861. The van der Waals surface area contributed by atoms with E-state index >= 15 is 0 Å². The minimum atomic E-state index is -0.720. The first-order valence-corrected chi connectivity index (χ1v) is 8.53. The number of amides is 2. The summed E-state index contributed by atoms with van der Waals surface area (Å²) in [4.78, 5) is 25.1. The molecule has 1 saturated carbocycles. The van der Waals surface area contributed by atoms with Gasteiger partial charge in [-0.25, -0.2) is 4.79 Å². The van der Waals surface area contributed by atoms with Gasteiger partial charge >= 0.3 is 12.0 Å². The Hall–Kier alpha value is -0.910. The van der Waals surface area contributed by atoms with Gasteiger partial charge in [-0.3, -0.25) is 4.79 Å². The Kier molecular flexibility index (Phi) is 5.57. The lowest BCUT2D eigenvalue weighted by Crippen LogP contribution is -2.48. The first kappa shape index (κ1) is 15.5. The highest BCUT2D eigenvalue weighted by Gasteiger charge is 2.33.